The van der Waals surface area contributed by atoms with Crippen LogP contribution < -0.4 is 10.2 Å². The molecule has 0 saturated carbocycles. The lowest BCUT2D eigenvalue weighted by atomic mass is 10.2. The summed E-state index contributed by atoms with van der Waals surface area (Å²) in [5.74, 6) is 0. The standard InChI is InChI=1S/C15H16N2OS/c1-11-7-9-19-14(11)10-16-15(18)17-8-6-12-4-2-3-5-13(12)17/h2-5,7,9H,6,8,10H2,1H3,(H,16,18). The molecule has 2 aromatic rings. The third kappa shape index (κ3) is 2.36. The fraction of sp³-hybridized carbons (Fsp3) is 0.267. The van der Waals surface area contributed by atoms with Gasteiger partial charge in [-0.2, -0.15) is 0 Å². The minimum absolute atomic E-state index is 0.00208. The van der Waals surface area contributed by atoms with Gasteiger partial charge in [0.2, 0.25) is 0 Å². The zero-order valence-electron chi connectivity index (χ0n) is 10.8. The zero-order valence-corrected chi connectivity index (χ0v) is 11.7. The second-order valence-corrected chi connectivity index (χ2v) is 5.72. The lowest BCUT2D eigenvalue weighted by Gasteiger charge is -2.17. The van der Waals surface area contributed by atoms with Gasteiger partial charge in [-0.3, -0.25) is 4.90 Å². The number of fused-ring (bicyclic) bond motifs is 1. The molecule has 3 rings (SSSR count). The molecule has 0 radical (unpaired) electrons. The molecule has 1 aromatic carbocycles. The van der Waals surface area contributed by atoms with E-state index in [2.05, 4.69) is 29.8 Å². The van der Waals surface area contributed by atoms with E-state index >= 15 is 0 Å². The van der Waals surface area contributed by atoms with Crippen molar-refractivity contribution in [1.29, 1.82) is 0 Å². The minimum atomic E-state index is -0.00208. The Morgan fingerprint density at radius 3 is 3.00 bits per heavy atom. The van der Waals surface area contributed by atoms with Gasteiger partial charge in [0, 0.05) is 17.1 Å². The molecular formula is C15H16N2OS. The first kappa shape index (κ1) is 12.2. The third-order valence-corrected chi connectivity index (χ3v) is 4.52. The lowest BCUT2D eigenvalue weighted by molar-refractivity contribution is 0.246. The second kappa shape index (κ2) is 5.05. The van der Waals surface area contributed by atoms with Crippen molar-refractivity contribution in [2.24, 2.45) is 0 Å². The molecule has 4 heteroatoms. The maximum absolute atomic E-state index is 12.2. The Morgan fingerprint density at radius 2 is 2.21 bits per heavy atom. The normalized spacial score (nSPS) is 13.4. The van der Waals surface area contributed by atoms with Crippen molar-refractivity contribution in [2.75, 3.05) is 11.4 Å². The van der Waals surface area contributed by atoms with Crippen LogP contribution >= 0.6 is 11.3 Å². The summed E-state index contributed by atoms with van der Waals surface area (Å²) >= 11 is 1.69. The number of urea groups is 1. The van der Waals surface area contributed by atoms with Crippen molar-refractivity contribution >= 4 is 23.1 Å². The maximum Gasteiger partial charge on any atom is 0.322 e. The number of nitrogens with one attached hydrogen (secondary N) is 1. The lowest BCUT2D eigenvalue weighted by Crippen LogP contribution is -2.38. The molecule has 1 aliphatic heterocycles. The number of carbonyl (C=O) groups is 1. The Kier molecular flexibility index (Phi) is 3.25. The fourth-order valence-corrected chi connectivity index (χ4v) is 3.23. The SMILES string of the molecule is Cc1ccsc1CNC(=O)N1CCc2ccccc21. The molecule has 0 unspecified atom stereocenters. The first-order chi connectivity index (χ1) is 9.25. The van der Waals surface area contributed by atoms with Crippen molar-refractivity contribution in [3.63, 3.8) is 0 Å². The number of carbonyl (C=O) groups excluding carboxylic acids is 1. The molecule has 0 aliphatic carbocycles. The van der Waals surface area contributed by atoms with Crippen LogP contribution in [0.15, 0.2) is 35.7 Å². The van der Waals surface area contributed by atoms with E-state index in [4.69, 9.17) is 0 Å². The second-order valence-electron chi connectivity index (χ2n) is 4.72. The van der Waals surface area contributed by atoms with Crippen LogP contribution in [0.25, 0.3) is 0 Å². The molecule has 0 bridgehead atoms. The number of rotatable bonds is 2. The summed E-state index contributed by atoms with van der Waals surface area (Å²) in [6.45, 7) is 3.46. The van der Waals surface area contributed by atoms with Crippen LogP contribution in [0.5, 0.6) is 0 Å². The first-order valence-corrected chi connectivity index (χ1v) is 7.30. The van der Waals surface area contributed by atoms with Crippen molar-refractivity contribution in [2.45, 2.75) is 19.9 Å². The molecule has 1 aliphatic rings. The highest BCUT2D eigenvalue weighted by Crippen LogP contribution is 2.27. The predicted molar refractivity (Wildman–Crippen MR) is 78.8 cm³/mol. The molecule has 2 heterocycles. The number of amides is 2. The van der Waals surface area contributed by atoms with E-state index in [0.29, 0.717) is 6.54 Å². The van der Waals surface area contributed by atoms with Crippen LogP contribution in [0.3, 0.4) is 0 Å². The average molecular weight is 272 g/mol. The van der Waals surface area contributed by atoms with Crippen LogP contribution in [-0.2, 0) is 13.0 Å². The number of benzene rings is 1. The summed E-state index contributed by atoms with van der Waals surface area (Å²) in [6, 6.07) is 10.2. The van der Waals surface area contributed by atoms with Gasteiger partial charge in [0.25, 0.3) is 0 Å². The highest BCUT2D eigenvalue weighted by Gasteiger charge is 2.23. The summed E-state index contributed by atoms with van der Waals surface area (Å²) in [6.07, 6.45) is 0.946. The summed E-state index contributed by atoms with van der Waals surface area (Å²) in [4.78, 5) is 15.3. The molecular weight excluding hydrogens is 256 g/mol. The molecule has 0 spiro atoms. The smallest absolute Gasteiger partial charge is 0.322 e. The third-order valence-electron chi connectivity index (χ3n) is 3.50. The molecule has 3 nitrogen and oxygen atoms in total. The van der Waals surface area contributed by atoms with E-state index < -0.39 is 0 Å². The van der Waals surface area contributed by atoms with Crippen molar-refractivity contribution < 1.29 is 4.79 Å². The quantitative estimate of drug-likeness (QED) is 0.893. The van der Waals surface area contributed by atoms with E-state index in [1.165, 1.54) is 16.0 Å². The van der Waals surface area contributed by atoms with E-state index in [1.807, 2.05) is 23.1 Å². The molecule has 0 atom stereocenters. The predicted octanol–water partition coefficient (Wildman–Crippen LogP) is 3.33. The van der Waals surface area contributed by atoms with E-state index in [0.717, 1.165) is 18.7 Å². The van der Waals surface area contributed by atoms with Crippen LogP contribution in [0.1, 0.15) is 16.0 Å². The van der Waals surface area contributed by atoms with Crippen LogP contribution in [0.2, 0.25) is 0 Å². The number of para-hydroxylation sites is 1. The van der Waals surface area contributed by atoms with E-state index in [-0.39, 0.29) is 6.03 Å². The Morgan fingerprint density at radius 1 is 1.37 bits per heavy atom. The van der Waals surface area contributed by atoms with Crippen molar-refractivity contribution in [3.05, 3.63) is 51.7 Å². The van der Waals surface area contributed by atoms with Gasteiger partial charge in [0.1, 0.15) is 0 Å². The van der Waals surface area contributed by atoms with Gasteiger partial charge in [-0.25, -0.2) is 4.79 Å². The van der Waals surface area contributed by atoms with Gasteiger partial charge in [-0.15, -0.1) is 11.3 Å². The largest absolute Gasteiger partial charge is 0.333 e. The number of hydrogen-bond acceptors (Lipinski definition) is 2. The van der Waals surface area contributed by atoms with Crippen LogP contribution in [-0.4, -0.2) is 12.6 Å². The van der Waals surface area contributed by atoms with Gasteiger partial charge >= 0.3 is 6.03 Å². The van der Waals surface area contributed by atoms with Gasteiger partial charge in [0.05, 0.1) is 6.54 Å². The number of hydrogen-bond donors (Lipinski definition) is 1. The molecule has 1 N–H and O–H groups in total. The molecule has 2 amide bonds. The van der Waals surface area contributed by atoms with Gasteiger partial charge < -0.3 is 5.32 Å². The number of thiophene rings is 1. The van der Waals surface area contributed by atoms with Gasteiger partial charge in [-0.05, 0) is 42.0 Å². The van der Waals surface area contributed by atoms with Crippen LogP contribution in [0.4, 0.5) is 10.5 Å². The minimum Gasteiger partial charge on any atom is -0.333 e. The molecule has 19 heavy (non-hydrogen) atoms. The Labute approximate surface area is 116 Å². The van der Waals surface area contributed by atoms with Gasteiger partial charge in [-0.1, -0.05) is 18.2 Å². The van der Waals surface area contributed by atoms with Crippen LogP contribution in [0, 0.1) is 6.92 Å². The highest BCUT2D eigenvalue weighted by molar-refractivity contribution is 7.10. The van der Waals surface area contributed by atoms with E-state index in [9.17, 15) is 4.79 Å². The highest BCUT2D eigenvalue weighted by atomic mass is 32.1. The summed E-state index contributed by atoms with van der Waals surface area (Å²) in [7, 11) is 0. The fourth-order valence-electron chi connectivity index (χ4n) is 2.39. The maximum atomic E-state index is 12.2. The van der Waals surface area contributed by atoms with Gasteiger partial charge in [0.15, 0.2) is 0 Å². The number of aryl methyl sites for hydroxylation is 1. The molecule has 0 fully saturated rings. The summed E-state index contributed by atoms with van der Waals surface area (Å²) < 4.78 is 0. The Bertz CT molecular complexity index is 606. The zero-order chi connectivity index (χ0) is 13.2. The average Bonchev–Trinajstić information content (AvgIpc) is 3.02. The Hall–Kier alpha value is -1.81. The monoisotopic (exact) mass is 272 g/mol. The van der Waals surface area contributed by atoms with Crippen molar-refractivity contribution in [3.8, 4) is 0 Å². The Balaban J connectivity index is 1.68. The number of nitrogens with zero attached hydrogens (tertiary/aromatic N) is 1. The summed E-state index contributed by atoms with van der Waals surface area (Å²) in [5, 5.41) is 5.06. The number of anilines is 1. The first-order valence-electron chi connectivity index (χ1n) is 6.42. The molecule has 98 valence electrons. The topological polar surface area (TPSA) is 32.3 Å². The van der Waals surface area contributed by atoms with E-state index in [1.54, 1.807) is 11.3 Å². The van der Waals surface area contributed by atoms with Crippen molar-refractivity contribution in [1.82, 2.24) is 5.32 Å². The molecule has 0 saturated heterocycles. The molecule has 1 aromatic heterocycles. The summed E-state index contributed by atoms with van der Waals surface area (Å²) in [5.41, 5.74) is 3.54.